The third kappa shape index (κ3) is 2.77. The molecular weight excluding hydrogens is 175 g/mol. The average Bonchev–Trinajstić information content (AvgIpc) is 1.99. The average molecular weight is 186 g/mol. The molecule has 0 amide bonds. The molecule has 0 aromatic carbocycles. The minimum Gasteiger partial charge on any atom is -0.250 e. The number of hydrogen-bond donors (Lipinski definition) is 0. The van der Waals surface area contributed by atoms with Crippen LogP contribution in [0.2, 0.25) is 0 Å². The van der Waals surface area contributed by atoms with Crippen molar-refractivity contribution in [3.63, 3.8) is 0 Å². The van der Waals surface area contributed by atoms with E-state index in [1.165, 1.54) is 11.8 Å². The van der Waals surface area contributed by atoms with Crippen LogP contribution in [0.4, 0.5) is 4.39 Å². The van der Waals surface area contributed by atoms with Crippen LogP contribution in [0.15, 0.2) is 11.1 Å². The molecule has 0 atom stereocenters. The summed E-state index contributed by atoms with van der Waals surface area (Å²) in [6.07, 6.45) is 0. The summed E-state index contributed by atoms with van der Waals surface area (Å²) in [4.78, 5) is 8.28. The molecule has 2 nitrogen and oxygen atoms in total. The maximum absolute atomic E-state index is 11.8. The minimum atomic E-state index is -0.313. The lowest BCUT2D eigenvalue weighted by Crippen LogP contribution is -1.93. The van der Waals surface area contributed by atoms with Crippen LogP contribution < -0.4 is 0 Å². The van der Waals surface area contributed by atoms with Crippen molar-refractivity contribution in [2.24, 2.45) is 0 Å². The molecule has 4 heteroatoms. The zero-order valence-corrected chi connectivity index (χ0v) is 7.99. The first-order valence-corrected chi connectivity index (χ1v) is 4.72. The summed E-state index contributed by atoms with van der Waals surface area (Å²) in [5.74, 6) is 1.21. The summed E-state index contributed by atoms with van der Waals surface area (Å²) < 4.78 is 11.8. The fraction of sp³-hybridized carbons (Fsp3) is 0.500. The van der Waals surface area contributed by atoms with Gasteiger partial charge in [0.1, 0.15) is 10.9 Å². The van der Waals surface area contributed by atoms with Crippen LogP contribution in [0.5, 0.6) is 0 Å². The first-order valence-electron chi connectivity index (χ1n) is 3.73. The van der Waals surface area contributed by atoms with Gasteiger partial charge in [-0.3, -0.25) is 4.39 Å². The van der Waals surface area contributed by atoms with E-state index in [-0.39, 0.29) is 6.67 Å². The third-order valence-corrected chi connectivity index (χ3v) is 2.13. The standard InChI is InChI=1S/C8H11FN2S/c1-6-5-8(12-4-3-9)11-7(2)10-6/h5H,3-4H2,1-2H3. The molecular formula is C8H11FN2S. The van der Waals surface area contributed by atoms with Gasteiger partial charge in [-0.1, -0.05) is 0 Å². The van der Waals surface area contributed by atoms with E-state index in [9.17, 15) is 4.39 Å². The largest absolute Gasteiger partial charge is 0.250 e. The maximum Gasteiger partial charge on any atom is 0.126 e. The van der Waals surface area contributed by atoms with E-state index < -0.39 is 0 Å². The fourth-order valence-electron chi connectivity index (χ4n) is 0.900. The van der Waals surface area contributed by atoms with Gasteiger partial charge in [-0.15, -0.1) is 11.8 Å². The molecule has 66 valence electrons. The van der Waals surface area contributed by atoms with E-state index in [4.69, 9.17) is 0 Å². The van der Waals surface area contributed by atoms with Crippen molar-refractivity contribution >= 4 is 11.8 Å². The van der Waals surface area contributed by atoms with E-state index in [0.717, 1.165) is 16.5 Å². The van der Waals surface area contributed by atoms with E-state index in [0.29, 0.717) is 5.75 Å². The molecule has 0 aliphatic rings. The molecule has 1 rings (SSSR count). The molecule has 0 aliphatic heterocycles. The number of alkyl halides is 1. The Hall–Kier alpha value is -0.640. The minimum absolute atomic E-state index is 0.313. The van der Waals surface area contributed by atoms with Crippen molar-refractivity contribution in [2.75, 3.05) is 12.4 Å². The molecule has 0 bridgehead atoms. The number of nitrogens with zero attached hydrogens (tertiary/aromatic N) is 2. The molecule has 1 heterocycles. The SMILES string of the molecule is Cc1cc(SCCF)nc(C)n1. The van der Waals surface area contributed by atoms with E-state index >= 15 is 0 Å². The van der Waals surface area contributed by atoms with Crippen LogP contribution in [0.3, 0.4) is 0 Å². The van der Waals surface area contributed by atoms with Gasteiger partial charge in [0.25, 0.3) is 0 Å². The topological polar surface area (TPSA) is 25.8 Å². The second-order valence-electron chi connectivity index (χ2n) is 2.43. The van der Waals surface area contributed by atoms with Crippen LogP contribution >= 0.6 is 11.8 Å². The monoisotopic (exact) mass is 186 g/mol. The van der Waals surface area contributed by atoms with Crippen molar-refractivity contribution in [3.05, 3.63) is 17.6 Å². The molecule has 0 aliphatic carbocycles. The van der Waals surface area contributed by atoms with Gasteiger partial charge in [-0.05, 0) is 19.9 Å². The first-order chi connectivity index (χ1) is 5.72. The quantitative estimate of drug-likeness (QED) is 0.534. The van der Waals surface area contributed by atoms with Crippen molar-refractivity contribution < 1.29 is 4.39 Å². The summed E-state index contributed by atoms with van der Waals surface area (Å²) in [6.45, 7) is 3.44. The number of hydrogen-bond acceptors (Lipinski definition) is 3. The van der Waals surface area contributed by atoms with Gasteiger partial charge in [-0.25, -0.2) is 9.97 Å². The third-order valence-electron chi connectivity index (χ3n) is 1.27. The Labute approximate surface area is 75.6 Å². The van der Waals surface area contributed by atoms with E-state index in [1.807, 2.05) is 19.9 Å². The van der Waals surface area contributed by atoms with Gasteiger partial charge in [0.2, 0.25) is 0 Å². The molecule has 1 aromatic heterocycles. The van der Waals surface area contributed by atoms with Gasteiger partial charge in [-0.2, -0.15) is 0 Å². The number of thioether (sulfide) groups is 1. The van der Waals surface area contributed by atoms with Crippen molar-refractivity contribution in [1.82, 2.24) is 9.97 Å². The smallest absolute Gasteiger partial charge is 0.126 e. The molecule has 1 aromatic rings. The molecule has 0 fully saturated rings. The Morgan fingerprint density at radius 1 is 1.42 bits per heavy atom. The lowest BCUT2D eigenvalue weighted by molar-refractivity contribution is 0.532. The Morgan fingerprint density at radius 2 is 2.17 bits per heavy atom. The molecule has 0 spiro atoms. The van der Waals surface area contributed by atoms with Gasteiger partial charge in [0.05, 0.1) is 6.67 Å². The lowest BCUT2D eigenvalue weighted by Gasteiger charge is -2.00. The summed E-state index contributed by atoms with van der Waals surface area (Å²) >= 11 is 1.42. The van der Waals surface area contributed by atoms with Crippen LogP contribution in [-0.4, -0.2) is 22.4 Å². The molecule has 0 radical (unpaired) electrons. The fourth-order valence-corrected chi connectivity index (χ4v) is 1.64. The van der Waals surface area contributed by atoms with Gasteiger partial charge in [0.15, 0.2) is 0 Å². The molecule has 12 heavy (non-hydrogen) atoms. The maximum atomic E-state index is 11.8. The Bertz CT molecular complexity index is 245. The Balaban J connectivity index is 2.72. The highest BCUT2D eigenvalue weighted by molar-refractivity contribution is 7.99. The number of halogens is 1. The zero-order chi connectivity index (χ0) is 8.97. The molecule has 0 unspecified atom stereocenters. The van der Waals surface area contributed by atoms with Crippen LogP contribution in [0.1, 0.15) is 11.5 Å². The van der Waals surface area contributed by atoms with Crippen LogP contribution in [0, 0.1) is 13.8 Å². The first kappa shape index (κ1) is 9.45. The highest BCUT2D eigenvalue weighted by Crippen LogP contribution is 2.15. The molecule has 0 N–H and O–H groups in total. The van der Waals surface area contributed by atoms with Crippen molar-refractivity contribution in [2.45, 2.75) is 18.9 Å². The highest BCUT2D eigenvalue weighted by Gasteiger charge is 1.98. The second-order valence-corrected chi connectivity index (χ2v) is 3.55. The molecule has 0 saturated heterocycles. The van der Waals surface area contributed by atoms with Crippen molar-refractivity contribution in [1.29, 1.82) is 0 Å². The summed E-state index contributed by atoms with van der Waals surface area (Å²) in [6, 6.07) is 1.87. The Morgan fingerprint density at radius 3 is 2.75 bits per heavy atom. The predicted molar refractivity (Wildman–Crippen MR) is 48.2 cm³/mol. The predicted octanol–water partition coefficient (Wildman–Crippen LogP) is 2.16. The van der Waals surface area contributed by atoms with E-state index in [2.05, 4.69) is 9.97 Å². The van der Waals surface area contributed by atoms with Crippen molar-refractivity contribution in [3.8, 4) is 0 Å². The van der Waals surface area contributed by atoms with E-state index in [1.54, 1.807) is 0 Å². The molecule has 0 saturated carbocycles. The number of aromatic nitrogens is 2. The summed E-state index contributed by atoms with van der Waals surface area (Å²) in [7, 11) is 0. The summed E-state index contributed by atoms with van der Waals surface area (Å²) in [5.41, 5.74) is 0.934. The van der Waals surface area contributed by atoms with Crippen LogP contribution in [0.25, 0.3) is 0 Å². The highest BCUT2D eigenvalue weighted by atomic mass is 32.2. The number of rotatable bonds is 3. The van der Waals surface area contributed by atoms with Crippen LogP contribution in [-0.2, 0) is 0 Å². The van der Waals surface area contributed by atoms with Gasteiger partial charge < -0.3 is 0 Å². The lowest BCUT2D eigenvalue weighted by atomic mass is 10.4. The second kappa shape index (κ2) is 4.40. The van der Waals surface area contributed by atoms with Gasteiger partial charge in [0, 0.05) is 11.4 Å². The number of aryl methyl sites for hydroxylation is 2. The normalized spacial score (nSPS) is 10.2. The summed E-state index contributed by atoms with van der Waals surface area (Å²) in [5, 5.41) is 0.859. The Kier molecular flexibility index (Phi) is 3.47. The van der Waals surface area contributed by atoms with Gasteiger partial charge >= 0.3 is 0 Å². The zero-order valence-electron chi connectivity index (χ0n) is 7.17.